The molecule has 18 heavy (non-hydrogen) atoms. The van der Waals surface area contributed by atoms with Crippen LogP contribution >= 0.6 is 0 Å². The van der Waals surface area contributed by atoms with Gasteiger partial charge >= 0.3 is 0 Å². The number of pyridine rings is 1. The number of hydrogen-bond acceptors (Lipinski definition) is 3. The Balaban J connectivity index is 2.45. The number of hydrogen-bond donors (Lipinski definition) is 1. The molecule has 4 heteroatoms. The third-order valence-electron chi connectivity index (χ3n) is 3.16. The lowest BCUT2D eigenvalue weighted by molar-refractivity contribution is 0.554. The lowest BCUT2D eigenvalue weighted by Crippen LogP contribution is -2.23. The molecule has 2 heterocycles. The molecule has 2 aromatic rings. The van der Waals surface area contributed by atoms with Crippen LogP contribution in [0.1, 0.15) is 35.5 Å². The minimum Gasteiger partial charge on any atom is -0.307 e. The third kappa shape index (κ3) is 2.29. The number of aryl methyl sites for hydroxylation is 3. The number of nitrogens with zero attached hydrogens (tertiary/aromatic N) is 3. The van der Waals surface area contributed by atoms with Crippen LogP contribution in [-0.2, 0) is 6.54 Å². The van der Waals surface area contributed by atoms with Gasteiger partial charge in [-0.05, 0) is 45.0 Å². The van der Waals surface area contributed by atoms with E-state index in [1.54, 1.807) is 0 Å². The van der Waals surface area contributed by atoms with E-state index in [0.29, 0.717) is 0 Å². The first-order valence-corrected chi connectivity index (χ1v) is 6.29. The first kappa shape index (κ1) is 12.8. The summed E-state index contributed by atoms with van der Waals surface area (Å²) in [7, 11) is 1.96. The molecule has 0 amide bonds. The Kier molecular flexibility index (Phi) is 3.77. The molecule has 1 unspecified atom stereocenters. The molecule has 0 aliphatic heterocycles. The molecule has 2 aromatic heterocycles. The van der Waals surface area contributed by atoms with Crippen LogP contribution < -0.4 is 5.32 Å². The van der Waals surface area contributed by atoms with Crippen LogP contribution in [0, 0.1) is 13.8 Å². The zero-order chi connectivity index (χ0) is 13.1. The highest BCUT2D eigenvalue weighted by molar-refractivity contribution is 5.30. The molecule has 0 aliphatic rings. The van der Waals surface area contributed by atoms with E-state index in [2.05, 4.69) is 42.2 Å². The molecule has 0 aliphatic carbocycles. The van der Waals surface area contributed by atoms with E-state index in [4.69, 9.17) is 0 Å². The highest BCUT2D eigenvalue weighted by Gasteiger charge is 2.19. The molecule has 0 radical (unpaired) electrons. The van der Waals surface area contributed by atoms with Crippen LogP contribution in [0.5, 0.6) is 0 Å². The normalized spacial score (nSPS) is 12.7. The summed E-state index contributed by atoms with van der Waals surface area (Å²) >= 11 is 0. The first-order chi connectivity index (χ1) is 8.67. The molecule has 2 rings (SSSR count). The van der Waals surface area contributed by atoms with Crippen molar-refractivity contribution in [2.75, 3.05) is 7.05 Å². The molecule has 0 aromatic carbocycles. The molecule has 1 atom stereocenters. The van der Waals surface area contributed by atoms with Gasteiger partial charge in [0.05, 0.1) is 17.4 Å². The molecule has 0 bridgehead atoms. The van der Waals surface area contributed by atoms with Crippen LogP contribution in [0.15, 0.2) is 24.5 Å². The van der Waals surface area contributed by atoms with Gasteiger partial charge in [-0.2, -0.15) is 5.10 Å². The van der Waals surface area contributed by atoms with Gasteiger partial charge in [-0.1, -0.05) is 6.07 Å². The predicted octanol–water partition coefficient (Wildman–Crippen LogP) is 2.22. The van der Waals surface area contributed by atoms with Crippen LogP contribution in [0.3, 0.4) is 0 Å². The van der Waals surface area contributed by atoms with Gasteiger partial charge in [-0.25, -0.2) is 0 Å². The summed E-state index contributed by atoms with van der Waals surface area (Å²) in [4.78, 5) is 4.58. The van der Waals surface area contributed by atoms with Crippen molar-refractivity contribution >= 4 is 0 Å². The van der Waals surface area contributed by atoms with Gasteiger partial charge in [-0.3, -0.25) is 9.67 Å². The molecular weight excluding hydrogens is 224 g/mol. The van der Waals surface area contributed by atoms with Crippen molar-refractivity contribution in [3.8, 4) is 0 Å². The molecular formula is C14H20N4. The quantitative estimate of drug-likeness (QED) is 0.896. The summed E-state index contributed by atoms with van der Waals surface area (Å²) in [6.45, 7) is 7.13. The lowest BCUT2D eigenvalue weighted by atomic mass is 10.0. The Labute approximate surface area is 108 Å². The summed E-state index contributed by atoms with van der Waals surface area (Å²) in [5.41, 5.74) is 4.62. The Morgan fingerprint density at radius 2 is 2.17 bits per heavy atom. The molecule has 0 saturated heterocycles. The van der Waals surface area contributed by atoms with Crippen molar-refractivity contribution in [1.82, 2.24) is 20.1 Å². The van der Waals surface area contributed by atoms with Gasteiger partial charge in [0.2, 0.25) is 0 Å². The fourth-order valence-electron chi connectivity index (χ4n) is 2.31. The summed E-state index contributed by atoms with van der Waals surface area (Å²) in [6, 6.07) is 4.30. The van der Waals surface area contributed by atoms with E-state index in [1.165, 1.54) is 11.1 Å². The van der Waals surface area contributed by atoms with Crippen molar-refractivity contribution in [2.24, 2.45) is 0 Å². The van der Waals surface area contributed by atoms with Crippen LogP contribution in [0.2, 0.25) is 0 Å². The van der Waals surface area contributed by atoms with Crippen molar-refractivity contribution in [3.63, 3.8) is 0 Å². The van der Waals surface area contributed by atoms with Gasteiger partial charge in [0.25, 0.3) is 0 Å². The average molecular weight is 244 g/mol. The molecule has 0 fully saturated rings. The summed E-state index contributed by atoms with van der Waals surface area (Å²) in [6.07, 6.45) is 3.76. The van der Waals surface area contributed by atoms with Gasteiger partial charge in [-0.15, -0.1) is 0 Å². The largest absolute Gasteiger partial charge is 0.307 e. The average Bonchev–Trinajstić information content (AvgIpc) is 2.81. The van der Waals surface area contributed by atoms with E-state index in [-0.39, 0.29) is 6.04 Å². The van der Waals surface area contributed by atoms with Crippen molar-refractivity contribution < 1.29 is 0 Å². The minimum atomic E-state index is 0.0908. The van der Waals surface area contributed by atoms with E-state index in [9.17, 15) is 0 Å². The van der Waals surface area contributed by atoms with Crippen molar-refractivity contribution in [2.45, 2.75) is 33.4 Å². The summed E-state index contributed by atoms with van der Waals surface area (Å²) < 4.78 is 2.00. The second-order valence-electron chi connectivity index (χ2n) is 4.51. The van der Waals surface area contributed by atoms with E-state index in [1.807, 2.05) is 30.2 Å². The van der Waals surface area contributed by atoms with Crippen LogP contribution in [0.4, 0.5) is 0 Å². The zero-order valence-electron chi connectivity index (χ0n) is 11.4. The number of nitrogens with one attached hydrogen (secondary N) is 1. The SMILES string of the molecule is CCn1nccc1C(NC)c1ncc(C)cc1C. The number of rotatable bonds is 4. The Hall–Kier alpha value is -1.68. The lowest BCUT2D eigenvalue weighted by Gasteiger charge is -2.19. The fourth-order valence-corrected chi connectivity index (χ4v) is 2.31. The molecule has 4 nitrogen and oxygen atoms in total. The number of aromatic nitrogens is 3. The second kappa shape index (κ2) is 5.31. The highest BCUT2D eigenvalue weighted by Crippen LogP contribution is 2.23. The first-order valence-electron chi connectivity index (χ1n) is 6.29. The Morgan fingerprint density at radius 3 is 2.78 bits per heavy atom. The maximum absolute atomic E-state index is 4.58. The minimum absolute atomic E-state index is 0.0908. The summed E-state index contributed by atoms with van der Waals surface area (Å²) in [5.74, 6) is 0. The van der Waals surface area contributed by atoms with Crippen LogP contribution in [0.25, 0.3) is 0 Å². The van der Waals surface area contributed by atoms with Gasteiger partial charge in [0, 0.05) is 18.9 Å². The Morgan fingerprint density at radius 1 is 1.39 bits per heavy atom. The predicted molar refractivity (Wildman–Crippen MR) is 72.5 cm³/mol. The maximum atomic E-state index is 4.58. The smallest absolute Gasteiger partial charge is 0.0922 e. The van der Waals surface area contributed by atoms with E-state index >= 15 is 0 Å². The van der Waals surface area contributed by atoms with E-state index in [0.717, 1.165) is 17.9 Å². The zero-order valence-corrected chi connectivity index (χ0v) is 11.4. The van der Waals surface area contributed by atoms with Gasteiger partial charge < -0.3 is 5.32 Å². The topological polar surface area (TPSA) is 42.7 Å². The van der Waals surface area contributed by atoms with Crippen molar-refractivity contribution in [1.29, 1.82) is 0 Å². The molecule has 1 N–H and O–H groups in total. The standard InChI is InChI=1S/C14H20N4/c1-5-18-12(6-7-17-18)14(15-4)13-11(3)8-10(2)9-16-13/h6-9,14-15H,5H2,1-4H3. The van der Waals surface area contributed by atoms with Crippen molar-refractivity contribution in [3.05, 3.63) is 47.0 Å². The third-order valence-corrected chi connectivity index (χ3v) is 3.16. The fraction of sp³-hybridized carbons (Fsp3) is 0.429. The Bertz CT molecular complexity index is 530. The molecule has 0 spiro atoms. The summed E-state index contributed by atoms with van der Waals surface area (Å²) in [5, 5.41) is 7.66. The molecule has 0 saturated carbocycles. The molecule has 96 valence electrons. The van der Waals surface area contributed by atoms with Gasteiger partial charge in [0.15, 0.2) is 0 Å². The van der Waals surface area contributed by atoms with Gasteiger partial charge in [0.1, 0.15) is 0 Å². The second-order valence-corrected chi connectivity index (χ2v) is 4.51. The van der Waals surface area contributed by atoms with E-state index < -0.39 is 0 Å². The van der Waals surface area contributed by atoms with Crippen LogP contribution in [-0.4, -0.2) is 21.8 Å². The highest BCUT2D eigenvalue weighted by atomic mass is 15.3. The monoisotopic (exact) mass is 244 g/mol. The maximum Gasteiger partial charge on any atom is 0.0922 e.